The maximum absolute atomic E-state index is 6.24. The molecule has 5 heteroatoms. The van der Waals surface area contributed by atoms with E-state index >= 15 is 0 Å². The van der Waals surface area contributed by atoms with Gasteiger partial charge in [0.2, 0.25) is 5.75 Å². The number of rotatable bonds is 6. The number of benzene rings is 1. The van der Waals surface area contributed by atoms with E-state index in [4.69, 9.17) is 18.6 Å². The maximum Gasteiger partial charge on any atom is 0.203 e. The zero-order valence-corrected chi connectivity index (χ0v) is 15.5. The first-order valence-electron chi connectivity index (χ1n) is 7.09. The van der Waals surface area contributed by atoms with Gasteiger partial charge in [0, 0.05) is 0 Å². The molecule has 21 heavy (non-hydrogen) atoms. The molecule has 0 aliphatic heterocycles. The van der Waals surface area contributed by atoms with Crippen LogP contribution in [0.1, 0.15) is 26.3 Å². The Kier molecular flexibility index (Phi) is 5.70. The second kappa shape index (κ2) is 6.71. The van der Waals surface area contributed by atoms with E-state index in [1.165, 1.54) is 0 Å². The van der Waals surface area contributed by atoms with E-state index in [1.807, 2.05) is 12.1 Å². The fraction of sp³-hybridized carbons (Fsp3) is 0.625. The quantitative estimate of drug-likeness (QED) is 0.736. The summed E-state index contributed by atoms with van der Waals surface area (Å²) in [5, 5.41) is 0.188. The van der Waals surface area contributed by atoms with Crippen molar-refractivity contribution in [1.82, 2.24) is 0 Å². The van der Waals surface area contributed by atoms with Crippen LogP contribution in [0.4, 0.5) is 0 Å². The molecule has 0 atom stereocenters. The van der Waals surface area contributed by atoms with Crippen LogP contribution >= 0.6 is 0 Å². The second-order valence-corrected chi connectivity index (χ2v) is 11.4. The van der Waals surface area contributed by atoms with E-state index in [1.54, 1.807) is 21.3 Å². The van der Waals surface area contributed by atoms with Crippen LogP contribution in [0.5, 0.6) is 17.2 Å². The van der Waals surface area contributed by atoms with Crippen molar-refractivity contribution in [2.45, 2.75) is 45.5 Å². The Balaban J connectivity index is 3.00. The van der Waals surface area contributed by atoms with Crippen LogP contribution < -0.4 is 14.2 Å². The van der Waals surface area contributed by atoms with Gasteiger partial charge in [-0.2, -0.15) is 0 Å². The van der Waals surface area contributed by atoms with Crippen LogP contribution in [0.2, 0.25) is 18.1 Å². The lowest BCUT2D eigenvalue weighted by atomic mass is 10.2. The van der Waals surface area contributed by atoms with Crippen LogP contribution in [-0.4, -0.2) is 29.6 Å². The van der Waals surface area contributed by atoms with Gasteiger partial charge >= 0.3 is 0 Å². The molecule has 120 valence electrons. The first kappa shape index (κ1) is 17.8. The molecule has 0 saturated heterocycles. The molecule has 0 unspecified atom stereocenters. The number of methoxy groups -OCH3 is 3. The SMILES string of the molecule is COc1cc(CO[Si](C)(C)C(C)(C)C)cc(OC)c1OC. The van der Waals surface area contributed by atoms with Crippen molar-refractivity contribution in [1.29, 1.82) is 0 Å². The van der Waals surface area contributed by atoms with Crippen molar-refractivity contribution < 1.29 is 18.6 Å². The molecular weight excluding hydrogens is 284 g/mol. The lowest BCUT2D eigenvalue weighted by molar-refractivity contribution is 0.273. The fourth-order valence-electron chi connectivity index (χ4n) is 1.70. The van der Waals surface area contributed by atoms with Crippen molar-refractivity contribution in [2.24, 2.45) is 0 Å². The van der Waals surface area contributed by atoms with Gasteiger partial charge in [0.15, 0.2) is 19.8 Å². The molecule has 0 heterocycles. The van der Waals surface area contributed by atoms with Gasteiger partial charge < -0.3 is 18.6 Å². The van der Waals surface area contributed by atoms with E-state index in [-0.39, 0.29) is 5.04 Å². The highest BCUT2D eigenvalue weighted by atomic mass is 28.4. The van der Waals surface area contributed by atoms with Gasteiger partial charge in [-0.05, 0) is 35.8 Å². The molecular formula is C16H28O4Si. The molecule has 1 aromatic carbocycles. The molecule has 0 fully saturated rings. The Morgan fingerprint density at radius 2 is 1.38 bits per heavy atom. The highest BCUT2D eigenvalue weighted by molar-refractivity contribution is 6.74. The molecule has 4 nitrogen and oxygen atoms in total. The molecule has 0 aliphatic rings. The minimum atomic E-state index is -1.78. The van der Waals surface area contributed by atoms with Gasteiger partial charge in [0.1, 0.15) is 0 Å². The van der Waals surface area contributed by atoms with E-state index in [0.29, 0.717) is 23.9 Å². The standard InChI is InChI=1S/C16H28O4Si/c1-16(2,3)21(7,8)20-11-12-9-13(17-4)15(19-6)14(10-12)18-5/h9-10H,11H2,1-8H3. The molecule has 0 aromatic heterocycles. The van der Waals surface area contributed by atoms with E-state index in [9.17, 15) is 0 Å². The van der Waals surface area contributed by atoms with Crippen molar-refractivity contribution in [3.63, 3.8) is 0 Å². The normalized spacial score (nSPS) is 12.2. The molecule has 0 bridgehead atoms. The first-order valence-corrected chi connectivity index (χ1v) is 10.00. The molecule has 0 amide bonds. The van der Waals surface area contributed by atoms with Crippen molar-refractivity contribution in [2.75, 3.05) is 21.3 Å². The highest BCUT2D eigenvalue weighted by Crippen LogP contribution is 2.40. The molecule has 0 radical (unpaired) electrons. The predicted octanol–water partition coefficient (Wildman–Crippen LogP) is 4.23. The average molecular weight is 312 g/mol. The predicted molar refractivity (Wildman–Crippen MR) is 88.1 cm³/mol. The monoisotopic (exact) mass is 312 g/mol. The molecule has 0 spiro atoms. The zero-order chi connectivity index (χ0) is 16.3. The second-order valence-electron chi connectivity index (χ2n) is 6.58. The Morgan fingerprint density at radius 1 is 0.905 bits per heavy atom. The summed E-state index contributed by atoms with van der Waals surface area (Å²) in [4.78, 5) is 0. The molecule has 0 N–H and O–H groups in total. The van der Waals surface area contributed by atoms with E-state index < -0.39 is 8.32 Å². The van der Waals surface area contributed by atoms with Gasteiger partial charge in [-0.1, -0.05) is 20.8 Å². The van der Waals surface area contributed by atoms with Gasteiger partial charge in [-0.15, -0.1) is 0 Å². The zero-order valence-electron chi connectivity index (χ0n) is 14.5. The van der Waals surface area contributed by atoms with Gasteiger partial charge in [0.05, 0.1) is 27.9 Å². The maximum atomic E-state index is 6.24. The summed E-state index contributed by atoms with van der Waals surface area (Å²) < 4.78 is 22.3. The Labute approximate surface area is 129 Å². The van der Waals surface area contributed by atoms with Crippen LogP contribution in [0, 0.1) is 0 Å². The van der Waals surface area contributed by atoms with Crippen LogP contribution in [0.3, 0.4) is 0 Å². The van der Waals surface area contributed by atoms with Crippen molar-refractivity contribution in [3.8, 4) is 17.2 Å². The average Bonchev–Trinajstić information content (AvgIpc) is 2.42. The topological polar surface area (TPSA) is 36.9 Å². The van der Waals surface area contributed by atoms with Crippen molar-refractivity contribution >= 4 is 8.32 Å². The van der Waals surface area contributed by atoms with Gasteiger partial charge in [0.25, 0.3) is 0 Å². The lowest BCUT2D eigenvalue weighted by Gasteiger charge is -2.36. The summed E-state index contributed by atoms with van der Waals surface area (Å²) in [5.74, 6) is 1.92. The minimum absolute atomic E-state index is 0.188. The summed E-state index contributed by atoms with van der Waals surface area (Å²) in [6.07, 6.45) is 0. The van der Waals surface area contributed by atoms with Crippen LogP contribution in [0.15, 0.2) is 12.1 Å². The third-order valence-corrected chi connectivity index (χ3v) is 8.61. The van der Waals surface area contributed by atoms with Gasteiger partial charge in [-0.25, -0.2) is 0 Å². The smallest absolute Gasteiger partial charge is 0.203 e. The summed E-state index contributed by atoms with van der Waals surface area (Å²) in [5.41, 5.74) is 1.02. The van der Waals surface area contributed by atoms with Crippen LogP contribution in [-0.2, 0) is 11.0 Å². The molecule has 0 saturated carbocycles. The summed E-state index contributed by atoms with van der Waals surface area (Å²) in [6.45, 7) is 11.7. The third-order valence-electron chi connectivity index (χ3n) is 4.13. The fourth-order valence-corrected chi connectivity index (χ4v) is 2.66. The first-order chi connectivity index (χ1) is 9.66. The molecule has 1 rings (SSSR count). The Hall–Kier alpha value is -1.20. The minimum Gasteiger partial charge on any atom is -0.493 e. The number of hydrogen-bond donors (Lipinski definition) is 0. The lowest BCUT2D eigenvalue weighted by Crippen LogP contribution is -2.40. The van der Waals surface area contributed by atoms with Crippen LogP contribution in [0.25, 0.3) is 0 Å². The summed E-state index contributed by atoms with van der Waals surface area (Å²) in [7, 11) is 3.07. The Morgan fingerprint density at radius 3 is 1.71 bits per heavy atom. The third kappa shape index (κ3) is 4.14. The Bertz CT molecular complexity index is 453. The van der Waals surface area contributed by atoms with Crippen molar-refractivity contribution in [3.05, 3.63) is 17.7 Å². The van der Waals surface area contributed by atoms with E-state index in [0.717, 1.165) is 5.56 Å². The number of hydrogen-bond acceptors (Lipinski definition) is 4. The molecule has 1 aromatic rings. The molecule has 0 aliphatic carbocycles. The van der Waals surface area contributed by atoms with Gasteiger partial charge in [-0.3, -0.25) is 0 Å². The summed E-state index contributed by atoms with van der Waals surface area (Å²) >= 11 is 0. The van der Waals surface area contributed by atoms with E-state index in [2.05, 4.69) is 33.9 Å². The largest absolute Gasteiger partial charge is 0.493 e. The highest BCUT2D eigenvalue weighted by Gasteiger charge is 2.37. The summed E-state index contributed by atoms with van der Waals surface area (Å²) in [6, 6.07) is 3.88. The number of ether oxygens (including phenoxy) is 3.